The molecule has 0 spiro atoms. The highest BCUT2D eigenvalue weighted by atomic mass is 16.6. The monoisotopic (exact) mass is 911 g/mol. The van der Waals surface area contributed by atoms with Gasteiger partial charge in [-0.05, 0) is 89.9 Å². The minimum atomic E-state index is -0.820. The number of rotatable bonds is 45. The van der Waals surface area contributed by atoms with Gasteiger partial charge in [0.2, 0.25) is 0 Å². The molecule has 6 heteroatoms. The minimum Gasteiger partial charge on any atom is -0.462 e. The molecule has 0 aliphatic heterocycles. The number of carbonyl (C=O) groups is 3. The van der Waals surface area contributed by atoms with Crippen LogP contribution in [0.25, 0.3) is 0 Å². The molecule has 0 fully saturated rings. The smallest absolute Gasteiger partial charge is 0.306 e. The fraction of sp³-hybridized carbons (Fsp3) is 0.583. The summed E-state index contributed by atoms with van der Waals surface area (Å²) in [6.45, 7) is 6.34. The molecule has 370 valence electrons. The average molecular weight is 911 g/mol. The van der Waals surface area contributed by atoms with E-state index in [1.165, 1.54) is 57.8 Å². The highest BCUT2D eigenvalue weighted by molar-refractivity contribution is 5.71. The lowest BCUT2D eigenvalue weighted by atomic mass is 10.1. The molecule has 6 nitrogen and oxygen atoms in total. The van der Waals surface area contributed by atoms with Crippen LogP contribution in [0.4, 0.5) is 0 Å². The molecule has 0 aliphatic carbocycles. The van der Waals surface area contributed by atoms with Crippen LogP contribution in [-0.2, 0) is 28.6 Å². The van der Waals surface area contributed by atoms with Crippen LogP contribution in [0, 0.1) is 0 Å². The van der Waals surface area contributed by atoms with Crippen LogP contribution in [-0.4, -0.2) is 37.2 Å². The van der Waals surface area contributed by atoms with Crippen molar-refractivity contribution in [2.45, 2.75) is 213 Å². The van der Waals surface area contributed by atoms with Crippen LogP contribution in [0.2, 0.25) is 0 Å². The summed E-state index contributed by atoms with van der Waals surface area (Å²) < 4.78 is 16.7. The topological polar surface area (TPSA) is 78.9 Å². The Kier molecular flexibility index (Phi) is 49.6. The van der Waals surface area contributed by atoms with E-state index in [4.69, 9.17) is 14.2 Å². The molecule has 66 heavy (non-hydrogen) atoms. The van der Waals surface area contributed by atoms with Gasteiger partial charge in [-0.1, -0.05) is 231 Å². The third-order valence-corrected chi connectivity index (χ3v) is 10.6. The maximum absolute atomic E-state index is 12.8. The molecule has 0 saturated heterocycles. The molecule has 0 radical (unpaired) electrons. The average Bonchev–Trinajstić information content (AvgIpc) is 3.31. The van der Waals surface area contributed by atoms with Gasteiger partial charge in [-0.25, -0.2) is 0 Å². The maximum Gasteiger partial charge on any atom is 0.306 e. The van der Waals surface area contributed by atoms with Crippen molar-refractivity contribution in [3.8, 4) is 0 Å². The van der Waals surface area contributed by atoms with Gasteiger partial charge in [0, 0.05) is 19.3 Å². The number of ether oxygens (including phenoxy) is 3. The highest BCUT2D eigenvalue weighted by Crippen LogP contribution is 2.13. The van der Waals surface area contributed by atoms with Crippen LogP contribution in [0.15, 0.2) is 134 Å². The number of esters is 3. The number of hydrogen-bond donors (Lipinski definition) is 0. The fourth-order valence-electron chi connectivity index (χ4n) is 6.64. The van der Waals surface area contributed by atoms with Gasteiger partial charge in [0.25, 0.3) is 0 Å². The molecule has 0 rings (SSSR count). The standard InChI is InChI=1S/C60H94O6/c1-4-7-10-13-16-19-22-25-28-29-30-33-35-38-41-44-47-50-53-59(62)65-56-57(66-60(63)54-51-48-45-42-39-36-32-27-24-21-18-15-12-9-6-3)55-64-58(61)52-49-46-43-40-37-34-31-26-23-20-17-14-11-8-5-2/h9,12,15-30,32-33,36,39,57H,4-8,10-11,13-14,31,34-35,37-38,40-56H2,1-3H3/b12-9-,18-15-,19-16-,20-17-,24-21-,25-22-,26-23-,29-28-,32-27-,33-30-,39-36-. The third-order valence-electron chi connectivity index (χ3n) is 10.6. The Bertz CT molecular complexity index is 1460. The largest absolute Gasteiger partial charge is 0.462 e. The summed E-state index contributed by atoms with van der Waals surface area (Å²) in [7, 11) is 0. The summed E-state index contributed by atoms with van der Waals surface area (Å²) in [5, 5.41) is 0. The zero-order valence-corrected chi connectivity index (χ0v) is 42.1. The van der Waals surface area contributed by atoms with E-state index in [0.29, 0.717) is 19.3 Å². The Labute approximate surface area is 405 Å². The summed E-state index contributed by atoms with van der Waals surface area (Å²) in [5.74, 6) is -1.000. The van der Waals surface area contributed by atoms with E-state index in [1.54, 1.807) is 0 Å². The first kappa shape index (κ1) is 61.5. The molecule has 0 heterocycles. The molecule has 0 aliphatic rings. The predicted molar refractivity (Wildman–Crippen MR) is 283 cm³/mol. The number of carbonyl (C=O) groups excluding carboxylic acids is 3. The molecular weight excluding hydrogens is 817 g/mol. The van der Waals surface area contributed by atoms with Gasteiger partial charge in [-0.3, -0.25) is 14.4 Å². The van der Waals surface area contributed by atoms with E-state index in [0.717, 1.165) is 103 Å². The first-order chi connectivity index (χ1) is 32.5. The van der Waals surface area contributed by atoms with E-state index in [2.05, 4.69) is 106 Å². The lowest BCUT2D eigenvalue weighted by molar-refractivity contribution is -0.167. The zero-order valence-electron chi connectivity index (χ0n) is 42.1. The van der Waals surface area contributed by atoms with Crippen LogP contribution < -0.4 is 0 Å². The predicted octanol–water partition coefficient (Wildman–Crippen LogP) is 17.5. The summed E-state index contributed by atoms with van der Waals surface area (Å²) >= 11 is 0. The van der Waals surface area contributed by atoms with E-state index in [1.807, 2.05) is 48.6 Å². The molecule has 0 N–H and O–H groups in total. The van der Waals surface area contributed by atoms with E-state index in [-0.39, 0.29) is 37.5 Å². The van der Waals surface area contributed by atoms with E-state index >= 15 is 0 Å². The maximum atomic E-state index is 12.8. The Hall–Kier alpha value is -4.45. The van der Waals surface area contributed by atoms with E-state index < -0.39 is 6.10 Å². The van der Waals surface area contributed by atoms with Crippen molar-refractivity contribution < 1.29 is 28.6 Å². The highest BCUT2D eigenvalue weighted by Gasteiger charge is 2.19. The Balaban J connectivity index is 4.56. The Morgan fingerprint density at radius 1 is 0.318 bits per heavy atom. The van der Waals surface area contributed by atoms with Gasteiger partial charge in [0.15, 0.2) is 6.10 Å². The molecule has 1 unspecified atom stereocenters. The van der Waals surface area contributed by atoms with Crippen molar-refractivity contribution in [2.75, 3.05) is 13.2 Å². The molecule has 0 amide bonds. The van der Waals surface area contributed by atoms with Crippen molar-refractivity contribution in [1.29, 1.82) is 0 Å². The van der Waals surface area contributed by atoms with Gasteiger partial charge < -0.3 is 14.2 Å². The van der Waals surface area contributed by atoms with Crippen molar-refractivity contribution in [2.24, 2.45) is 0 Å². The lowest BCUT2D eigenvalue weighted by Crippen LogP contribution is -2.30. The van der Waals surface area contributed by atoms with Crippen LogP contribution >= 0.6 is 0 Å². The molecule has 0 aromatic carbocycles. The summed E-state index contributed by atoms with van der Waals surface area (Å²) in [6, 6.07) is 0. The fourth-order valence-corrected chi connectivity index (χ4v) is 6.64. The van der Waals surface area contributed by atoms with Gasteiger partial charge in [-0.15, -0.1) is 0 Å². The van der Waals surface area contributed by atoms with Crippen molar-refractivity contribution >= 4 is 17.9 Å². The Morgan fingerprint density at radius 3 is 0.955 bits per heavy atom. The second-order valence-electron chi connectivity index (χ2n) is 16.9. The second-order valence-corrected chi connectivity index (χ2v) is 16.9. The van der Waals surface area contributed by atoms with E-state index in [9.17, 15) is 14.4 Å². The summed E-state index contributed by atoms with van der Waals surface area (Å²) in [4.78, 5) is 38.0. The molecular formula is C60H94O6. The SMILES string of the molecule is CC\C=C/C=C\C=C/C=C\C=C/CCCCCC(=O)OC(COC(=O)CCCCCCC\C=C/C=C\C=C/C=C\CCCCC)COC(=O)CCCCCCCC/C=C\C=C/CCCCC. The third kappa shape index (κ3) is 50.5. The number of unbranched alkanes of at least 4 members (excludes halogenated alkanes) is 20. The van der Waals surface area contributed by atoms with Crippen LogP contribution in [0.1, 0.15) is 207 Å². The first-order valence-electron chi connectivity index (χ1n) is 26.3. The van der Waals surface area contributed by atoms with Crippen molar-refractivity contribution in [3.05, 3.63) is 134 Å². The molecule has 0 aromatic heterocycles. The minimum absolute atomic E-state index is 0.115. The van der Waals surface area contributed by atoms with Gasteiger partial charge >= 0.3 is 17.9 Å². The molecule has 0 saturated carbocycles. The summed E-state index contributed by atoms with van der Waals surface area (Å²) in [5.41, 5.74) is 0. The number of allylic oxidation sites excluding steroid dienone is 22. The number of hydrogen-bond acceptors (Lipinski definition) is 6. The van der Waals surface area contributed by atoms with Crippen molar-refractivity contribution in [3.63, 3.8) is 0 Å². The Morgan fingerprint density at radius 2 is 0.591 bits per heavy atom. The molecule has 1 atom stereocenters. The first-order valence-corrected chi connectivity index (χ1v) is 26.3. The van der Waals surface area contributed by atoms with Crippen LogP contribution in [0.5, 0.6) is 0 Å². The zero-order chi connectivity index (χ0) is 47.9. The molecule has 0 bridgehead atoms. The van der Waals surface area contributed by atoms with Crippen LogP contribution in [0.3, 0.4) is 0 Å². The summed E-state index contributed by atoms with van der Waals surface area (Å²) in [6.07, 6.45) is 74.2. The quantitative estimate of drug-likeness (QED) is 0.0262. The second kappa shape index (κ2) is 53.2. The van der Waals surface area contributed by atoms with Gasteiger partial charge in [0.05, 0.1) is 0 Å². The van der Waals surface area contributed by atoms with Gasteiger partial charge in [-0.2, -0.15) is 0 Å². The normalized spacial score (nSPS) is 13.2. The molecule has 0 aromatic rings. The lowest BCUT2D eigenvalue weighted by Gasteiger charge is -2.18. The van der Waals surface area contributed by atoms with Gasteiger partial charge in [0.1, 0.15) is 13.2 Å². The van der Waals surface area contributed by atoms with Crippen molar-refractivity contribution in [1.82, 2.24) is 0 Å².